The Labute approximate surface area is 139 Å². The number of hydrogen-bond acceptors (Lipinski definition) is 5. The minimum Gasteiger partial charge on any atom is -0.384 e. The second kappa shape index (κ2) is 6.74. The predicted molar refractivity (Wildman–Crippen MR) is 85.4 cm³/mol. The van der Waals surface area contributed by atoms with E-state index in [0.29, 0.717) is 11.6 Å². The minimum atomic E-state index is -1.09. The van der Waals surface area contributed by atoms with Gasteiger partial charge in [-0.3, -0.25) is 14.7 Å². The van der Waals surface area contributed by atoms with Gasteiger partial charge in [-0.25, -0.2) is 0 Å². The fraction of sp³-hybridized carbons (Fsp3) is 0.562. The van der Waals surface area contributed by atoms with Crippen molar-refractivity contribution in [2.45, 2.75) is 24.4 Å². The largest absolute Gasteiger partial charge is 0.384 e. The third kappa shape index (κ3) is 3.49. The molecule has 3 rings (SSSR count). The van der Waals surface area contributed by atoms with Crippen LogP contribution in [0.4, 0.5) is 0 Å². The molecule has 0 unspecified atom stereocenters. The zero-order valence-corrected chi connectivity index (χ0v) is 13.5. The van der Waals surface area contributed by atoms with Crippen LogP contribution in [0.15, 0.2) is 18.7 Å². The number of likely N-dealkylation sites (tertiary alicyclic amines) is 1. The maximum atomic E-state index is 12.2. The van der Waals surface area contributed by atoms with Crippen LogP contribution in [0, 0.1) is 0 Å². The van der Waals surface area contributed by atoms with Crippen molar-refractivity contribution in [1.82, 2.24) is 20.4 Å². The van der Waals surface area contributed by atoms with Crippen molar-refractivity contribution >= 4 is 11.8 Å². The zero-order valence-electron chi connectivity index (χ0n) is 13.5. The highest BCUT2D eigenvalue weighted by molar-refractivity contribution is 5.92. The number of H-pyrrole nitrogens is 1. The van der Waals surface area contributed by atoms with E-state index in [2.05, 4.69) is 22.1 Å². The number of carbonyl (C=O) groups excluding carboxylic acids is 2. The van der Waals surface area contributed by atoms with E-state index in [9.17, 15) is 14.7 Å². The number of ether oxygens (including phenoxy) is 1. The molecular weight excluding hydrogens is 312 g/mol. The smallest absolute Gasteiger partial charge is 0.271 e. The van der Waals surface area contributed by atoms with Gasteiger partial charge in [-0.2, -0.15) is 5.10 Å². The van der Waals surface area contributed by atoms with E-state index in [1.54, 1.807) is 6.07 Å². The minimum absolute atomic E-state index is 0.0756. The van der Waals surface area contributed by atoms with Gasteiger partial charge < -0.3 is 20.1 Å². The van der Waals surface area contributed by atoms with Crippen molar-refractivity contribution < 1.29 is 19.4 Å². The van der Waals surface area contributed by atoms with Crippen LogP contribution in [0.3, 0.4) is 0 Å². The lowest BCUT2D eigenvalue weighted by Gasteiger charge is -2.45. The number of nitrogens with zero attached hydrogens (tertiary/aromatic N) is 2. The molecule has 24 heavy (non-hydrogen) atoms. The molecule has 0 spiro atoms. The van der Waals surface area contributed by atoms with Gasteiger partial charge >= 0.3 is 0 Å². The van der Waals surface area contributed by atoms with Crippen LogP contribution >= 0.6 is 0 Å². The summed E-state index contributed by atoms with van der Waals surface area (Å²) in [5.41, 5.74) is 0.153. The SMILES string of the molecule is C=CC(=O)N1CC(O)(CNC(=O)c2cc(C3CCOCC3)[nH]n2)C1. The molecule has 8 nitrogen and oxygen atoms in total. The number of rotatable bonds is 5. The molecule has 0 radical (unpaired) electrons. The first-order valence-corrected chi connectivity index (χ1v) is 8.06. The van der Waals surface area contributed by atoms with E-state index >= 15 is 0 Å². The van der Waals surface area contributed by atoms with Crippen LogP contribution in [0.2, 0.25) is 0 Å². The average Bonchev–Trinajstić information content (AvgIpc) is 3.07. The van der Waals surface area contributed by atoms with Crippen LogP contribution in [0.1, 0.15) is 34.9 Å². The molecule has 2 amide bonds. The van der Waals surface area contributed by atoms with Crippen molar-refractivity contribution in [1.29, 1.82) is 0 Å². The number of amides is 2. The molecule has 2 aliphatic rings. The average molecular weight is 334 g/mol. The van der Waals surface area contributed by atoms with E-state index in [0.717, 1.165) is 31.7 Å². The van der Waals surface area contributed by atoms with Gasteiger partial charge in [-0.1, -0.05) is 6.58 Å². The molecule has 0 aliphatic carbocycles. The van der Waals surface area contributed by atoms with E-state index in [1.807, 2.05) is 0 Å². The highest BCUT2D eigenvalue weighted by Gasteiger charge is 2.43. The van der Waals surface area contributed by atoms with Crippen molar-refractivity contribution in [3.05, 3.63) is 30.1 Å². The Kier molecular flexibility index (Phi) is 4.68. The summed E-state index contributed by atoms with van der Waals surface area (Å²) in [5, 5.41) is 19.9. The van der Waals surface area contributed by atoms with Gasteiger partial charge in [0.25, 0.3) is 5.91 Å². The molecule has 1 aromatic heterocycles. The third-order valence-corrected chi connectivity index (χ3v) is 4.53. The number of aromatic amines is 1. The first-order chi connectivity index (χ1) is 11.5. The highest BCUT2D eigenvalue weighted by atomic mass is 16.5. The quantitative estimate of drug-likeness (QED) is 0.646. The second-order valence-corrected chi connectivity index (χ2v) is 6.40. The van der Waals surface area contributed by atoms with Gasteiger partial charge in [-0.15, -0.1) is 0 Å². The molecule has 2 aliphatic heterocycles. The molecule has 130 valence electrons. The summed E-state index contributed by atoms with van der Waals surface area (Å²) >= 11 is 0. The summed E-state index contributed by atoms with van der Waals surface area (Å²) in [6, 6.07) is 1.75. The summed E-state index contributed by atoms with van der Waals surface area (Å²) in [5.74, 6) is -0.229. The molecule has 0 atom stereocenters. The van der Waals surface area contributed by atoms with E-state index in [1.165, 1.54) is 11.0 Å². The number of β-amino-alcohol motifs (C(OH)–C–C–N with tert-alkyl or cyclic N) is 1. The fourth-order valence-corrected chi connectivity index (χ4v) is 3.07. The molecular formula is C16H22N4O4. The summed E-state index contributed by atoms with van der Waals surface area (Å²) in [4.78, 5) is 25.0. The summed E-state index contributed by atoms with van der Waals surface area (Å²) in [6.07, 6.45) is 3.03. The number of aliphatic hydroxyl groups is 1. The Morgan fingerprint density at radius 1 is 1.50 bits per heavy atom. The zero-order chi connectivity index (χ0) is 17.2. The molecule has 0 bridgehead atoms. The molecule has 1 aromatic rings. The van der Waals surface area contributed by atoms with Gasteiger partial charge in [0.2, 0.25) is 5.91 Å². The van der Waals surface area contributed by atoms with Crippen LogP contribution in [-0.4, -0.2) is 70.5 Å². The summed E-state index contributed by atoms with van der Waals surface area (Å²) < 4.78 is 5.33. The number of carbonyl (C=O) groups is 2. The number of nitrogens with one attached hydrogen (secondary N) is 2. The molecule has 3 N–H and O–H groups in total. The fourth-order valence-electron chi connectivity index (χ4n) is 3.07. The van der Waals surface area contributed by atoms with Crippen molar-refractivity contribution in [2.24, 2.45) is 0 Å². The molecule has 0 saturated carbocycles. The molecule has 2 saturated heterocycles. The summed E-state index contributed by atoms with van der Waals surface area (Å²) in [7, 11) is 0. The van der Waals surface area contributed by atoms with Gasteiger partial charge in [0, 0.05) is 24.8 Å². The number of aromatic nitrogens is 2. The summed E-state index contributed by atoms with van der Waals surface area (Å²) in [6.45, 7) is 5.29. The van der Waals surface area contributed by atoms with Crippen LogP contribution in [0.5, 0.6) is 0 Å². The van der Waals surface area contributed by atoms with Gasteiger partial charge in [0.05, 0.1) is 19.6 Å². The topological polar surface area (TPSA) is 108 Å². The monoisotopic (exact) mass is 334 g/mol. The van der Waals surface area contributed by atoms with Crippen LogP contribution in [-0.2, 0) is 9.53 Å². The maximum Gasteiger partial charge on any atom is 0.271 e. The van der Waals surface area contributed by atoms with Crippen molar-refractivity contribution in [3.63, 3.8) is 0 Å². The predicted octanol–water partition coefficient (Wildman–Crippen LogP) is -0.207. The lowest BCUT2D eigenvalue weighted by Crippen LogP contribution is -2.67. The molecule has 2 fully saturated rings. The Morgan fingerprint density at radius 3 is 2.88 bits per heavy atom. The molecule has 8 heteroatoms. The van der Waals surface area contributed by atoms with E-state index in [4.69, 9.17) is 4.74 Å². The molecule has 3 heterocycles. The Morgan fingerprint density at radius 2 is 2.21 bits per heavy atom. The lowest BCUT2D eigenvalue weighted by atomic mass is 9.94. The Balaban J connectivity index is 1.50. The van der Waals surface area contributed by atoms with E-state index < -0.39 is 5.60 Å². The van der Waals surface area contributed by atoms with Gasteiger partial charge in [0.1, 0.15) is 11.3 Å². The Hall–Kier alpha value is -2.19. The lowest BCUT2D eigenvalue weighted by molar-refractivity contribution is -0.148. The van der Waals surface area contributed by atoms with Crippen molar-refractivity contribution in [3.8, 4) is 0 Å². The molecule has 0 aromatic carbocycles. The third-order valence-electron chi connectivity index (χ3n) is 4.53. The van der Waals surface area contributed by atoms with Crippen molar-refractivity contribution in [2.75, 3.05) is 32.8 Å². The van der Waals surface area contributed by atoms with E-state index in [-0.39, 0.29) is 31.4 Å². The Bertz CT molecular complexity index is 630. The van der Waals surface area contributed by atoms with Gasteiger partial charge in [-0.05, 0) is 25.0 Å². The first-order valence-electron chi connectivity index (χ1n) is 8.06. The van der Waals surface area contributed by atoms with Gasteiger partial charge in [0.15, 0.2) is 0 Å². The number of hydrogen-bond donors (Lipinski definition) is 3. The maximum absolute atomic E-state index is 12.2. The van der Waals surface area contributed by atoms with Crippen LogP contribution < -0.4 is 5.32 Å². The normalized spacial score (nSPS) is 20.3. The first kappa shape index (κ1) is 16.7. The standard InChI is InChI=1S/C16H22N4O4/c1-2-14(21)20-9-16(23,10-20)8-17-15(22)13-7-12(18-19-13)11-3-5-24-6-4-11/h2,7,11,23H,1,3-6,8-10H2,(H,17,22)(H,18,19). The highest BCUT2D eigenvalue weighted by Crippen LogP contribution is 2.25. The second-order valence-electron chi connectivity index (χ2n) is 6.40. The van der Waals surface area contributed by atoms with Crippen LogP contribution in [0.25, 0.3) is 0 Å².